The van der Waals surface area contributed by atoms with Crippen LogP contribution < -0.4 is 0 Å². The molecule has 7 heteroatoms. The van der Waals surface area contributed by atoms with Crippen LogP contribution in [0.1, 0.15) is 24.3 Å². The SMILES string of the molecule is O=C(CN1CCOCC1)N1CCCCN2[C@@H](CO)[C@@H](c3ccc(Br)cc3)[C@@H]2C1. The van der Waals surface area contributed by atoms with E-state index in [0.717, 1.165) is 50.0 Å². The molecule has 3 heterocycles. The van der Waals surface area contributed by atoms with E-state index in [1.54, 1.807) is 0 Å². The van der Waals surface area contributed by atoms with Crippen LogP contribution >= 0.6 is 15.9 Å². The fourth-order valence-corrected chi connectivity index (χ4v) is 5.17. The van der Waals surface area contributed by atoms with Crippen molar-refractivity contribution in [3.8, 4) is 0 Å². The van der Waals surface area contributed by atoms with Crippen LogP contribution in [0.3, 0.4) is 0 Å². The summed E-state index contributed by atoms with van der Waals surface area (Å²) < 4.78 is 6.46. The van der Waals surface area contributed by atoms with Gasteiger partial charge in [-0.15, -0.1) is 0 Å². The molecule has 1 amide bonds. The molecule has 0 aromatic heterocycles. The van der Waals surface area contributed by atoms with E-state index in [1.807, 2.05) is 0 Å². The fourth-order valence-electron chi connectivity index (χ4n) is 4.90. The number of nitrogens with zero attached hydrogens (tertiary/aromatic N) is 3. The molecule has 0 bridgehead atoms. The maximum atomic E-state index is 13.0. The minimum absolute atomic E-state index is 0.153. The first-order chi connectivity index (χ1) is 13.7. The molecule has 3 aliphatic heterocycles. The Balaban J connectivity index is 1.47. The minimum atomic E-state index is 0.153. The maximum Gasteiger partial charge on any atom is 0.236 e. The zero-order chi connectivity index (χ0) is 19.5. The van der Waals surface area contributed by atoms with E-state index in [-0.39, 0.29) is 30.5 Å². The number of hydrogen-bond acceptors (Lipinski definition) is 5. The quantitative estimate of drug-likeness (QED) is 0.751. The Morgan fingerprint density at radius 1 is 1.11 bits per heavy atom. The number of rotatable bonds is 4. The van der Waals surface area contributed by atoms with Gasteiger partial charge in [0, 0.05) is 48.7 Å². The van der Waals surface area contributed by atoms with Crippen molar-refractivity contribution in [1.29, 1.82) is 0 Å². The monoisotopic (exact) mass is 451 g/mol. The maximum absolute atomic E-state index is 13.0. The first-order valence-electron chi connectivity index (χ1n) is 10.4. The highest BCUT2D eigenvalue weighted by molar-refractivity contribution is 9.10. The van der Waals surface area contributed by atoms with Gasteiger partial charge < -0.3 is 14.7 Å². The lowest BCUT2D eigenvalue weighted by Crippen LogP contribution is -2.68. The Bertz CT molecular complexity index is 665. The fraction of sp³-hybridized carbons (Fsp3) is 0.667. The van der Waals surface area contributed by atoms with E-state index >= 15 is 0 Å². The van der Waals surface area contributed by atoms with Crippen molar-refractivity contribution in [2.45, 2.75) is 30.8 Å². The summed E-state index contributed by atoms with van der Waals surface area (Å²) in [6.07, 6.45) is 2.10. The summed E-state index contributed by atoms with van der Waals surface area (Å²) in [4.78, 5) is 19.7. The molecule has 0 saturated carbocycles. The van der Waals surface area contributed by atoms with Crippen LogP contribution in [0.25, 0.3) is 0 Å². The van der Waals surface area contributed by atoms with Crippen molar-refractivity contribution in [1.82, 2.24) is 14.7 Å². The first-order valence-corrected chi connectivity index (χ1v) is 11.2. The third kappa shape index (κ3) is 4.28. The van der Waals surface area contributed by atoms with E-state index in [9.17, 15) is 9.90 Å². The molecule has 3 saturated heterocycles. The van der Waals surface area contributed by atoms with Gasteiger partial charge in [-0.25, -0.2) is 0 Å². The van der Waals surface area contributed by atoms with Crippen LogP contribution in [0.15, 0.2) is 28.7 Å². The van der Waals surface area contributed by atoms with Gasteiger partial charge in [0.05, 0.1) is 26.4 Å². The topological polar surface area (TPSA) is 56.2 Å². The molecule has 0 unspecified atom stereocenters. The minimum Gasteiger partial charge on any atom is -0.395 e. The molecule has 1 aromatic rings. The zero-order valence-electron chi connectivity index (χ0n) is 16.3. The van der Waals surface area contributed by atoms with Gasteiger partial charge in [0.25, 0.3) is 0 Å². The molecule has 1 aromatic carbocycles. The molecule has 3 atom stereocenters. The average Bonchev–Trinajstić information content (AvgIpc) is 2.69. The van der Waals surface area contributed by atoms with Gasteiger partial charge >= 0.3 is 0 Å². The Hall–Kier alpha value is -0.990. The summed E-state index contributed by atoms with van der Waals surface area (Å²) in [5.41, 5.74) is 1.25. The molecular formula is C21H30BrN3O3. The van der Waals surface area contributed by atoms with Crippen LogP contribution in [-0.4, -0.2) is 96.9 Å². The largest absolute Gasteiger partial charge is 0.395 e. The van der Waals surface area contributed by atoms with Gasteiger partial charge in [-0.3, -0.25) is 14.6 Å². The second-order valence-corrected chi connectivity index (χ2v) is 8.98. The van der Waals surface area contributed by atoms with E-state index in [1.165, 1.54) is 5.56 Å². The Morgan fingerprint density at radius 3 is 2.54 bits per heavy atom. The van der Waals surface area contributed by atoms with Gasteiger partial charge in [-0.2, -0.15) is 0 Å². The number of hydrogen-bond donors (Lipinski definition) is 1. The summed E-state index contributed by atoms with van der Waals surface area (Å²) in [7, 11) is 0. The van der Waals surface area contributed by atoms with Gasteiger partial charge in [0.2, 0.25) is 5.91 Å². The number of amides is 1. The number of aliphatic hydroxyl groups is 1. The van der Waals surface area contributed by atoms with Gasteiger partial charge in [0.15, 0.2) is 0 Å². The van der Waals surface area contributed by atoms with Crippen molar-refractivity contribution >= 4 is 21.8 Å². The summed E-state index contributed by atoms with van der Waals surface area (Å²) >= 11 is 3.51. The molecule has 154 valence electrons. The van der Waals surface area contributed by atoms with Gasteiger partial charge in [-0.05, 0) is 37.1 Å². The van der Waals surface area contributed by atoms with Crippen molar-refractivity contribution in [3.63, 3.8) is 0 Å². The number of carbonyl (C=O) groups is 1. The van der Waals surface area contributed by atoms with Crippen molar-refractivity contribution in [3.05, 3.63) is 34.3 Å². The van der Waals surface area contributed by atoms with Crippen molar-refractivity contribution < 1.29 is 14.6 Å². The number of morpholine rings is 1. The highest BCUT2D eigenvalue weighted by Gasteiger charge is 2.49. The number of aliphatic hydroxyl groups excluding tert-OH is 1. The summed E-state index contributed by atoms with van der Waals surface area (Å²) in [5.74, 6) is 0.501. The van der Waals surface area contributed by atoms with Gasteiger partial charge in [-0.1, -0.05) is 28.1 Å². The summed E-state index contributed by atoms with van der Waals surface area (Å²) in [5, 5.41) is 10.0. The standard InChI is InChI=1S/C21H30BrN3O3/c22-17-5-3-16(4-6-17)21-18-13-24(7-1-2-8-25(18)19(21)15-26)20(27)14-23-9-11-28-12-10-23/h3-6,18-19,21,26H,1-2,7-15H2/t18-,19-,21-/m0/s1. The van der Waals surface area contributed by atoms with E-state index in [2.05, 4.69) is 54.9 Å². The summed E-state index contributed by atoms with van der Waals surface area (Å²) in [6, 6.07) is 8.86. The number of benzene rings is 1. The Morgan fingerprint density at radius 2 is 1.82 bits per heavy atom. The lowest BCUT2D eigenvalue weighted by Gasteiger charge is -2.57. The molecule has 0 spiro atoms. The Labute approximate surface area is 175 Å². The molecule has 3 fully saturated rings. The Kier molecular flexibility index (Phi) is 6.68. The van der Waals surface area contributed by atoms with Gasteiger partial charge in [0.1, 0.15) is 0 Å². The number of ether oxygens (including phenoxy) is 1. The van der Waals surface area contributed by atoms with Crippen LogP contribution in [0.2, 0.25) is 0 Å². The van der Waals surface area contributed by atoms with Crippen LogP contribution in [-0.2, 0) is 9.53 Å². The predicted molar refractivity (Wildman–Crippen MR) is 111 cm³/mol. The number of halogens is 1. The van der Waals surface area contributed by atoms with E-state index < -0.39 is 0 Å². The smallest absolute Gasteiger partial charge is 0.236 e. The molecule has 0 aliphatic carbocycles. The van der Waals surface area contributed by atoms with Crippen molar-refractivity contribution in [2.24, 2.45) is 0 Å². The molecule has 6 nitrogen and oxygen atoms in total. The van der Waals surface area contributed by atoms with Crippen LogP contribution in [0.4, 0.5) is 0 Å². The van der Waals surface area contributed by atoms with E-state index in [4.69, 9.17) is 4.74 Å². The lowest BCUT2D eigenvalue weighted by atomic mass is 9.74. The highest BCUT2D eigenvalue weighted by Crippen LogP contribution is 2.42. The summed E-state index contributed by atoms with van der Waals surface area (Å²) in [6.45, 7) is 6.36. The molecule has 28 heavy (non-hydrogen) atoms. The molecular weight excluding hydrogens is 422 g/mol. The normalized spacial score (nSPS) is 29.5. The third-order valence-electron chi connectivity index (χ3n) is 6.44. The van der Waals surface area contributed by atoms with E-state index in [0.29, 0.717) is 19.8 Å². The second kappa shape index (κ2) is 9.22. The van der Waals surface area contributed by atoms with Crippen LogP contribution in [0.5, 0.6) is 0 Å². The number of carbonyl (C=O) groups excluding carboxylic acids is 1. The zero-order valence-corrected chi connectivity index (χ0v) is 17.9. The van der Waals surface area contributed by atoms with Crippen LogP contribution in [0, 0.1) is 0 Å². The predicted octanol–water partition coefficient (Wildman–Crippen LogP) is 1.53. The molecule has 1 N–H and O–H groups in total. The molecule has 3 aliphatic rings. The number of fused-ring (bicyclic) bond motifs is 1. The van der Waals surface area contributed by atoms with Crippen molar-refractivity contribution in [2.75, 3.05) is 59.1 Å². The second-order valence-electron chi connectivity index (χ2n) is 8.07. The highest BCUT2D eigenvalue weighted by atomic mass is 79.9. The third-order valence-corrected chi connectivity index (χ3v) is 6.97. The average molecular weight is 452 g/mol. The molecule has 4 rings (SSSR count). The first kappa shape index (κ1) is 20.3. The lowest BCUT2D eigenvalue weighted by molar-refractivity contribution is -0.138. The molecule has 0 radical (unpaired) electrons.